The highest BCUT2D eigenvalue weighted by Crippen LogP contribution is 2.32. The third kappa shape index (κ3) is 2.95. The SMILES string of the molecule is Cc1ccc(F)cc1C(=O)Nc1sc(C)c(C)c1C(N)=O. The summed E-state index contributed by atoms with van der Waals surface area (Å²) in [4.78, 5) is 24.7. The first-order chi connectivity index (χ1) is 9.81. The molecule has 110 valence electrons. The zero-order chi connectivity index (χ0) is 15.7. The molecule has 21 heavy (non-hydrogen) atoms. The van der Waals surface area contributed by atoms with Crippen molar-refractivity contribution < 1.29 is 14.0 Å². The van der Waals surface area contributed by atoms with Crippen molar-refractivity contribution in [2.45, 2.75) is 20.8 Å². The highest BCUT2D eigenvalue weighted by atomic mass is 32.1. The molecule has 6 heteroatoms. The summed E-state index contributed by atoms with van der Waals surface area (Å²) in [6, 6.07) is 3.99. The minimum absolute atomic E-state index is 0.231. The summed E-state index contributed by atoms with van der Waals surface area (Å²) in [5, 5.41) is 3.04. The monoisotopic (exact) mass is 306 g/mol. The van der Waals surface area contributed by atoms with Gasteiger partial charge >= 0.3 is 0 Å². The molecular weight excluding hydrogens is 291 g/mol. The zero-order valence-electron chi connectivity index (χ0n) is 11.9. The van der Waals surface area contributed by atoms with Gasteiger partial charge in [-0.3, -0.25) is 9.59 Å². The molecule has 0 bridgehead atoms. The van der Waals surface area contributed by atoms with E-state index in [0.717, 1.165) is 10.4 Å². The maximum atomic E-state index is 13.3. The fourth-order valence-corrected chi connectivity index (χ4v) is 3.08. The minimum atomic E-state index is -0.594. The van der Waals surface area contributed by atoms with Crippen molar-refractivity contribution in [1.29, 1.82) is 0 Å². The van der Waals surface area contributed by atoms with Crippen LogP contribution in [-0.4, -0.2) is 11.8 Å². The number of anilines is 1. The molecule has 1 heterocycles. The number of benzene rings is 1. The molecule has 0 saturated carbocycles. The molecule has 0 spiro atoms. The van der Waals surface area contributed by atoms with Crippen LogP contribution < -0.4 is 11.1 Å². The predicted octanol–water partition coefficient (Wildman–Crippen LogP) is 3.16. The second-order valence-corrected chi connectivity index (χ2v) is 5.99. The zero-order valence-corrected chi connectivity index (χ0v) is 12.7. The Morgan fingerprint density at radius 3 is 2.52 bits per heavy atom. The largest absolute Gasteiger partial charge is 0.365 e. The Labute approximate surface area is 125 Å². The highest BCUT2D eigenvalue weighted by molar-refractivity contribution is 7.16. The molecule has 0 fully saturated rings. The Morgan fingerprint density at radius 1 is 1.24 bits per heavy atom. The van der Waals surface area contributed by atoms with E-state index < -0.39 is 17.6 Å². The Morgan fingerprint density at radius 2 is 1.90 bits per heavy atom. The highest BCUT2D eigenvalue weighted by Gasteiger charge is 2.20. The van der Waals surface area contributed by atoms with Crippen molar-refractivity contribution in [2.75, 3.05) is 5.32 Å². The summed E-state index contributed by atoms with van der Waals surface area (Å²) in [5.74, 6) is -1.54. The first kappa shape index (κ1) is 15.2. The lowest BCUT2D eigenvalue weighted by Crippen LogP contribution is -2.18. The number of halogens is 1. The van der Waals surface area contributed by atoms with Crippen molar-refractivity contribution in [2.24, 2.45) is 5.73 Å². The summed E-state index contributed by atoms with van der Waals surface area (Å²) in [5.41, 5.74) is 7.29. The van der Waals surface area contributed by atoms with Crippen molar-refractivity contribution in [3.63, 3.8) is 0 Å². The maximum absolute atomic E-state index is 13.3. The molecule has 0 aliphatic heterocycles. The van der Waals surface area contributed by atoms with Crippen LogP contribution in [0.2, 0.25) is 0 Å². The molecule has 0 aliphatic carbocycles. The van der Waals surface area contributed by atoms with Gasteiger partial charge in [0.15, 0.2) is 0 Å². The van der Waals surface area contributed by atoms with Gasteiger partial charge in [0, 0.05) is 10.4 Å². The van der Waals surface area contributed by atoms with Gasteiger partial charge in [0.2, 0.25) is 0 Å². The van der Waals surface area contributed by atoms with Gasteiger partial charge in [-0.15, -0.1) is 11.3 Å². The van der Waals surface area contributed by atoms with Gasteiger partial charge in [-0.25, -0.2) is 4.39 Å². The van der Waals surface area contributed by atoms with E-state index in [2.05, 4.69) is 5.32 Å². The molecule has 1 aromatic carbocycles. The van der Waals surface area contributed by atoms with Crippen LogP contribution in [0.25, 0.3) is 0 Å². The number of aryl methyl sites for hydroxylation is 2. The minimum Gasteiger partial charge on any atom is -0.365 e. The first-order valence-electron chi connectivity index (χ1n) is 6.28. The molecule has 3 N–H and O–H groups in total. The van der Waals surface area contributed by atoms with Gasteiger partial charge in [0.05, 0.1) is 5.56 Å². The van der Waals surface area contributed by atoms with Crippen LogP contribution in [0.1, 0.15) is 36.7 Å². The molecule has 2 rings (SSSR count). The van der Waals surface area contributed by atoms with Gasteiger partial charge in [0.1, 0.15) is 10.8 Å². The number of hydrogen-bond donors (Lipinski definition) is 2. The standard InChI is InChI=1S/C15H15FN2O2S/c1-7-4-5-10(16)6-11(7)14(20)18-15-12(13(17)19)8(2)9(3)21-15/h4-6H,1-3H3,(H2,17,19)(H,18,20). The Hall–Kier alpha value is -2.21. The molecule has 2 aromatic rings. The molecule has 0 aliphatic rings. The number of primary amides is 1. The molecule has 0 radical (unpaired) electrons. The third-order valence-corrected chi connectivity index (χ3v) is 4.43. The molecule has 1 aromatic heterocycles. The first-order valence-corrected chi connectivity index (χ1v) is 7.10. The number of hydrogen-bond acceptors (Lipinski definition) is 3. The van der Waals surface area contributed by atoms with E-state index >= 15 is 0 Å². The van der Waals surface area contributed by atoms with E-state index in [1.54, 1.807) is 13.8 Å². The van der Waals surface area contributed by atoms with E-state index in [4.69, 9.17) is 5.73 Å². The molecule has 4 nitrogen and oxygen atoms in total. The Bertz CT molecular complexity index is 738. The summed E-state index contributed by atoms with van der Waals surface area (Å²) in [6.07, 6.45) is 0. The van der Waals surface area contributed by atoms with E-state index in [1.807, 2.05) is 6.92 Å². The normalized spacial score (nSPS) is 10.5. The average Bonchev–Trinajstić information content (AvgIpc) is 2.67. The van der Waals surface area contributed by atoms with Crippen LogP contribution in [0.3, 0.4) is 0 Å². The van der Waals surface area contributed by atoms with Gasteiger partial charge in [0.25, 0.3) is 11.8 Å². The van der Waals surface area contributed by atoms with Crippen LogP contribution in [0.15, 0.2) is 18.2 Å². The van der Waals surface area contributed by atoms with Crippen molar-refractivity contribution in [1.82, 2.24) is 0 Å². The van der Waals surface area contributed by atoms with E-state index in [0.29, 0.717) is 16.1 Å². The van der Waals surface area contributed by atoms with Gasteiger partial charge in [-0.05, 0) is 44.0 Å². The predicted molar refractivity (Wildman–Crippen MR) is 81.4 cm³/mol. The second-order valence-electron chi connectivity index (χ2n) is 4.76. The third-order valence-electron chi connectivity index (χ3n) is 3.30. The molecule has 2 amide bonds. The number of nitrogens with one attached hydrogen (secondary N) is 1. The molecule has 0 saturated heterocycles. The lowest BCUT2D eigenvalue weighted by Gasteiger charge is -2.07. The number of nitrogens with two attached hydrogens (primary N) is 1. The topological polar surface area (TPSA) is 72.2 Å². The van der Waals surface area contributed by atoms with Gasteiger partial charge in [-0.2, -0.15) is 0 Å². The molecular formula is C15H15FN2O2S. The Kier molecular flexibility index (Phi) is 4.09. The number of carbonyl (C=O) groups excluding carboxylic acids is 2. The summed E-state index contributed by atoms with van der Waals surface area (Å²) >= 11 is 1.28. The van der Waals surface area contributed by atoms with Crippen LogP contribution >= 0.6 is 11.3 Å². The molecule has 0 atom stereocenters. The van der Waals surface area contributed by atoms with Crippen LogP contribution in [0.4, 0.5) is 9.39 Å². The van der Waals surface area contributed by atoms with Crippen molar-refractivity contribution in [3.05, 3.63) is 51.1 Å². The van der Waals surface area contributed by atoms with Crippen LogP contribution in [0.5, 0.6) is 0 Å². The smallest absolute Gasteiger partial charge is 0.256 e. The van der Waals surface area contributed by atoms with Gasteiger partial charge < -0.3 is 11.1 Å². The number of amides is 2. The van der Waals surface area contributed by atoms with Gasteiger partial charge in [-0.1, -0.05) is 6.07 Å². The average molecular weight is 306 g/mol. The van der Waals surface area contributed by atoms with Crippen LogP contribution in [0, 0.1) is 26.6 Å². The lowest BCUT2D eigenvalue weighted by atomic mass is 10.1. The van der Waals surface area contributed by atoms with E-state index in [9.17, 15) is 14.0 Å². The Balaban J connectivity index is 2.38. The quantitative estimate of drug-likeness (QED) is 0.914. The maximum Gasteiger partial charge on any atom is 0.256 e. The van der Waals surface area contributed by atoms with E-state index in [-0.39, 0.29) is 5.56 Å². The van der Waals surface area contributed by atoms with Crippen molar-refractivity contribution in [3.8, 4) is 0 Å². The van der Waals surface area contributed by atoms with Crippen molar-refractivity contribution >= 4 is 28.2 Å². The second kappa shape index (κ2) is 5.65. The number of carbonyl (C=O) groups is 2. The molecule has 0 unspecified atom stereocenters. The van der Waals surface area contributed by atoms with Crippen LogP contribution in [-0.2, 0) is 0 Å². The number of rotatable bonds is 3. The number of thiophene rings is 1. The van der Waals surface area contributed by atoms with E-state index in [1.165, 1.54) is 29.5 Å². The summed E-state index contributed by atoms with van der Waals surface area (Å²) in [6.45, 7) is 5.33. The fraction of sp³-hybridized carbons (Fsp3) is 0.200. The summed E-state index contributed by atoms with van der Waals surface area (Å²) in [7, 11) is 0. The lowest BCUT2D eigenvalue weighted by molar-refractivity contribution is 0.100. The summed E-state index contributed by atoms with van der Waals surface area (Å²) < 4.78 is 13.3. The fourth-order valence-electron chi connectivity index (χ4n) is 2.02.